The number of nitrogens with one attached hydrogen (secondary N) is 1. The molecule has 0 amide bonds. The number of hydrogen-bond donors (Lipinski definition) is 1. The van der Waals surface area contributed by atoms with Crippen LogP contribution in [0.5, 0.6) is 0 Å². The average Bonchev–Trinajstić information content (AvgIpc) is 1.90. The Morgan fingerprint density at radius 3 is 2.23 bits per heavy atom. The number of rotatable bonds is 1. The molecule has 0 bridgehead atoms. The van der Waals surface area contributed by atoms with Crippen molar-refractivity contribution in [3.05, 3.63) is 0 Å². The topological polar surface area (TPSA) is 12.0 Å². The number of hydrogen-bond acceptors (Lipinski definition) is 1. The van der Waals surface area contributed by atoms with Gasteiger partial charge in [0, 0.05) is 6.54 Å². The third kappa shape index (κ3) is 2.97. The maximum absolute atomic E-state index is 13.3. The summed E-state index contributed by atoms with van der Waals surface area (Å²) in [5.41, 5.74) is 0. The molecule has 1 saturated heterocycles. The molecule has 2 aliphatic rings. The summed E-state index contributed by atoms with van der Waals surface area (Å²) in [6.45, 7) is 1.63. The Balaban J connectivity index is 0.000000720. The molecule has 2 atom stereocenters. The van der Waals surface area contributed by atoms with Crippen molar-refractivity contribution in [1.29, 1.82) is 0 Å². The zero-order valence-corrected chi connectivity index (χ0v) is 9.30. The van der Waals surface area contributed by atoms with Gasteiger partial charge in [-0.2, -0.15) is 0 Å². The molecule has 2 fully saturated rings. The summed E-state index contributed by atoms with van der Waals surface area (Å²) in [4.78, 5) is 0. The van der Waals surface area contributed by atoms with Gasteiger partial charge in [-0.1, -0.05) is 19.3 Å². The van der Waals surface area contributed by atoms with Crippen LogP contribution in [0.1, 0.15) is 25.7 Å². The fourth-order valence-corrected chi connectivity index (χ4v) is 2.24. The van der Waals surface area contributed by atoms with Crippen LogP contribution in [-0.2, 0) is 0 Å². The van der Waals surface area contributed by atoms with Crippen LogP contribution in [0.15, 0.2) is 0 Å². The summed E-state index contributed by atoms with van der Waals surface area (Å²) in [6.07, 6.45) is 4.40. The van der Waals surface area contributed by atoms with E-state index in [1.54, 1.807) is 0 Å². The summed E-state index contributed by atoms with van der Waals surface area (Å²) < 4.78 is 13.3. The van der Waals surface area contributed by atoms with Gasteiger partial charge in [-0.15, -0.1) is 24.8 Å². The lowest BCUT2D eigenvalue weighted by molar-refractivity contribution is 0.0816. The maximum atomic E-state index is 13.3. The highest BCUT2D eigenvalue weighted by Gasteiger charge is 2.34. The Bertz CT molecular complexity index is 140. The van der Waals surface area contributed by atoms with E-state index in [1.165, 1.54) is 19.3 Å². The van der Waals surface area contributed by atoms with E-state index in [0.29, 0.717) is 12.5 Å². The lowest BCUT2D eigenvalue weighted by Crippen LogP contribution is -2.42. The van der Waals surface area contributed by atoms with Gasteiger partial charge >= 0.3 is 0 Å². The first-order chi connectivity index (χ1) is 5.38. The van der Waals surface area contributed by atoms with Crippen LogP contribution < -0.4 is 5.32 Å². The fraction of sp³-hybridized carbons (Fsp3) is 1.00. The Hall–Kier alpha value is 0.470. The summed E-state index contributed by atoms with van der Waals surface area (Å²) in [5.74, 6) is 1.12. The molecule has 1 heterocycles. The third-order valence-electron chi connectivity index (χ3n) is 3.21. The molecule has 2 rings (SSSR count). The Kier molecular flexibility index (Phi) is 6.27. The molecule has 1 nitrogen and oxygen atoms in total. The molecule has 0 unspecified atom stereocenters. The predicted octanol–water partition coefficient (Wildman–Crippen LogP) is 2.58. The van der Waals surface area contributed by atoms with Gasteiger partial charge < -0.3 is 5.32 Å². The molecule has 0 aromatic carbocycles. The largest absolute Gasteiger partial charge is 0.314 e. The second kappa shape index (κ2) is 6.05. The molecule has 13 heavy (non-hydrogen) atoms. The van der Waals surface area contributed by atoms with Crippen LogP contribution in [-0.4, -0.2) is 19.3 Å². The van der Waals surface area contributed by atoms with Gasteiger partial charge in [0.05, 0.1) is 0 Å². The van der Waals surface area contributed by atoms with Crippen molar-refractivity contribution in [3.63, 3.8) is 0 Å². The highest BCUT2D eigenvalue weighted by molar-refractivity contribution is 5.85. The van der Waals surface area contributed by atoms with Crippen LogP contribution in [0.25, 0.3) is 0 Å². The second-order valence-electron chi connectivity index (χ2n) is 3.86. The Morgan fingerprint density at radius 2 is 1.77 bits per heavy atom. The molecule has 1 saturated carbocycles. The first kappa shape index (κ1) is 13.5. The van der Waals surface area contributed by atoms with Crippen LogP contribution in [0, 0.1) is 11.8 Å². The molecule has 0 spiro atoms. The summed E-state index contributed by atoms with van der Waals surface area (Å²) in [7, 11) is 0. The zero-order chi connectivity index (χ0) is 7.68. The smallest absolute Gasteiger partial charge is 0.116 e. The van der Waals surface area contributed by atoms with E-state index in [1.807, 2.05) is 0 Å². The fourth-order valence-electron chi connectivity index (χ4n) is 2.24. The van der Waals surface area contributed by atoms with Crippen LogP contribution in [0.4, 0.5) is 4.39 Å². The van der Waals surface area contributed by atoms with Gasteiger partial charge in [0.2, 0.25) is 0 Å². The van der Waals surface area contributed by atoms with E-state index in [-0.39, 0.29) is 24.8 Å². The van der Waals surface area contributed by atoms with E-state index in [9.17, 15) is 4.39 Å². The van der Waals surface area contributed by atoms with Crippen molar-refractivity contribution in [1.82, 2.24) is 5.32 Å². The standard InChI is InChI=1S/C9H16FN.2ClH/c10-9-6-11-5-4-8(9)7-2-1-3-7;;/h7-9,11H,1-6H2;2*1H/t8-,9-;;/m1../s1. The van der Waals surface area contributed by atoms with E-state index >= 15 is 0 Å². The van der Waals surface area contributed by atoms with Gasteiger partial charge in [0.25, 0.3) is 0 Å². The molecule has 0 aromatic rings. The van der Waals surface area contributed by atoms with Gasteiger partial charge in [0.15, 0.2) is 0 Å². The molecule has 4 heteroatoms. The molecule has 80 valence electrons. The summed E-state index contributed by atoms with van der Waals surface area (Å²) in [5, 5.41) is 3.09. The van der Waals surface area contributed by atoms with Gasteiger partial charge in [0.1, 0.15) is 6.17 Å². The summed E-state index contributed by atoms with van der Waals surface area (Å²) in [6, 6.07) is 0. The van der Waals surface area contributed by atoms with Crippen molar-refractivity contribution in [2.24, 2.45) is 11.8 Å². The van der Waals surface area contributed by atoms with E-state index in [0.717, 1.165) is 18.9 Å². The number of alkyl halides is 1. The maximum Gasteiger partial charge on any atom is 0.116 e. The van der Waals surface area contributed by atoms with E-state index in [4.69, 9.17) is 0 Å². The first-order valence-electron chi connectivity index (χ1n) is 4.72. The highest BCUT2D eigenvalue weighted by Crippen LogP contribution is 2.38. The zero-order valence-electron chi connectivity index (χ0n) is 7.67. The number of halogens is 3. The van der Waals surface area contributed by atoms with Gasteiger partial charge in [-0.05, 0) is 24.8 Å². The molecule has 1 N–H and O–H groups in total. The average molecular weight is 230 g/mol. The molecule has 0 radical (unpaired) electrons. The van der Waals surface area contributed by atoms with Crippen molar-refractivity contribution >= 4 is 24.8 Å². The highest BCUT2D eigenvalue weighted by atomic mass is 35.5. The first-order valence-corrected chi connectivity index (χ1v) is 4.72. The van der Waals surface area contributed by atoms with Crippen LogP contribution >= 0.6 is 24.8 Å². The molecule has 1 aliphatic heterocycles. The predicted molar refractivity (Wildman–Crippen MR) is 57.7 cm³/mol. The monoisotopic (exact) mass is 229 g/mol. The quantitative estimate of drug-likeness (QED) is 0.730. The van der Waals surface area contributed by atoms with Crippen LogP contribution in [0.2, 0.25) is 0 Å². The number of piperidine rings is 1. The van der Waals surface area contributed by atoms with E-state index < -0.39 is 6.17 Å². The van der Waals surface area contributed by atoms with Gasteiger partial charge in [-0.3, -0.25) is 0 Å². The van der Waals surface area contributed by atoms with E-state index in [2.05, 4.69) is 5.32 Å². The van der Waals surface area contributed by atoms with Crippen molar-refractivity contribution in [2.75, 3.05) is 13.1 Å². The van der Waals surface area contributed by atoms with Crippen molar-refractivity contribution in [2.45, 2.75) is 31.9 Å². The Morgan fingerprint density at radius 1 is 1.08 bits per heavy atom. The summed E-state index contributed by atoms with van der Waals surface area (Å²) >= 11 is 0. The molecular formula is C9H18Cl2FN. The second-order valence-corrected chi connectivity index (χ2v) is 3.86. The minimum atomic E-state index is -0.561. The molecular weight excluding hydrogens is 212 g/mol. The van der Waals surface area contributed by atoms with Gasteiger partial charge in [-0.25, -0.2) is 4.39 Å². The van der Waals surface area contributed by atoms with Crippen molar-refractivity contribution < 1.29 is 4.39 Å². The minimum absolute atomic E-state index is 0. The van der Waals surface area contributed by atoms with Crippen molar-refractivity contribution in [3.8, 4) is 0 Å². The normalized spacial score (nSPS) is 33.9. The third-order valence-corrected chi connectivity index (χ3v) is 3.21. The molecule has 1 aliphatic carbocycles. The lowest BCUT2D eigenvalue weighted by atomic mass is 9.72. The van der Waals surface area contributed by atoms with Crippen LogP contribution in [0.3, 0.4) is 0 Å². The lowest BCUT2D eigenvalue weighted by Gasteiger charge is -2.38. The minimum Gasteiger partial charge on any atom is -0.314 e. The molecule has 0 aromatic heterocycles. The Labute approximate surface area is 91.7 Å². The SMILES string of the molecule is Cl.Cl.F[C@@H]1CNCC[C@@H]1C1CCC1.